The van der Waals surface area contributed by atoms with Crippen molar-refractivity contribution in [2.24, 2.45) is 5.10 Å². The fourth-order valence-electron chi connectivity index (χ4n) is 8.91. The number of H-pyrrole nitrogens is 1. The van der Waals surface area contributed by atoms with Crippen molar-refractivity contribution in [3.63, 3.8) is 0 Å². The number of hydrazone groups is 1. The van der Waals surface area contributed by atoms with Crippen LogP contribution in [0.5, 0.6) is 5.75 Å². The molecular formula is C55H62BrN9O12. The second-order valence-electron chi connectivity index (χ2n) is 18.5. The number of carbonyl (C=O) groups is 7. The van der Waals surface area contributed by atoms with Crippen molar-refractivity contribution in [2.75, 3.05) is 121 Å². The van der Waals surface area contributed by atoms with Crippen LogP contribution >= 0.6 is 15.9 Å². The van der Waals surface area contributed by atoms with E-state index in [1.165, 1.54) is 12.2 Å². The van der Waals surface area contributed by atoms with E-state index in [4.69, 9.17) is 23.7 Å². The quantitative estimate of drug-likeness (QED) is 0.0194. The van der Waals surface area contributed by atoms with Crippen LogP contribution in [0.25, 0.3) is 21.7 Å². The number of benzene rings is 4. The van der Waals surface area contributed by atoms with Gasteiger partial charge in [-0.1, -0.05) is 52.3 Å². The summed E-state index contributed by atoms with van der Waals surface area (Å²) in [6.07, 6.45) is 2.06. The summed E-state index contributed by atoms with van der Waals surface area (Å²) in [5, 5.41) is 12.9. The third-order valence-electron chi connectivity index (χ3n) is 13.2. The highest BCUT2D eigenvalue weighted by molar-refractivity contribution is 9.09. The summed E-state index contributed by atoms with van der Waals surface area (Å²) in [6.45, 7) is 7.62. The maximum absolute atomic E-state index is 14.4. The van der Waals surface area contributed by atoms with E-state index in [2.05, 4.69) is 47.0 Å². The minimum absolute atomic E-state index is 0.000903. The topological polar surface area (TPSA) is 243 Å². The van der Waals surface area contributed by atoms with Crippen LogP contribution in [-0.2, 0) is 38.1 Å². The monoisotopic (exact) mass is 1120 g/mol. The fourth-order valence-corrected chi connectivity index (χ4v) is 9.44. The molecule has 21 nitrogen and oxygen atoms in total. The lowest BCUT2D eigenvalue weighted by Crippen LogP contribution is -2.48. The van der Waals surface area contributed by atoms with Crippen molar-refractivity contribution >= 4 is 96.2 Å². The van der Waals surface area contributed by atoms with Gasteiger partial charge in [-0.2, -0.15) is 5.10 Å². The Balaban J connectivity index is 0.722. The Labute approximate surface area is 453 Å². The second kappa shape index (κ2) is 27.1. The van der Waals surface area contributed by atoms with Crippen LogP contribution in [0, 0.1) is 0 Å². The summed E-state index contributed by atoms with van der Waals surface area (Å²) in [5.74, 6) is -1.61. The number of piperazine rings is 1. The first kappa shape index (κ1) is 55.9. The number of nitrogens with one attached hydrogen (secondary N) is 4. The standard InChI is InChI=1S/C55H62BrN9O12/c1-36(60-61-49(67)16-23-73-25-27-75-29-30-76-28-26-74-24-17-57-48(66)15-18-64-50(68)13-14-51(64)69)37-7-9-38(10-8-37)53(70)58-41-11-12-44-39(31-41)32-45(59-44)54(71)65-35-40(34-56)52-43-6-4-3-5-42(43)47(33-46(52)65)77-55(72)63-21-19-62(2)20-22-63/h3-14,31-33,40,59H,15-30,34-35H2,1-2H3,(H,57,66)(H,58,70)(H,61,67)/b60-36+/t40-/m1/s1. The molecule has 1 fully saturated rings. The van der Waals surface area contributed by atoms with Crippen LogP contribution < -0.4 is 25.7 Å². The van der Waals surface area contributed by atoms with Gasteiger partial charge in [0.15, 0.2) is 0 Å². The van der Waals surface area contributed by atoms with Gasteiger partial charge in [0.1, 0.15) is 11.4 Å². The molecule has 0 radical (unpaired) electrons. The Kier molecular flexibility index (Phi) is 19.7. The number of anilines is 2. The number of amides is 7. The molecule has 0 aliphatic carbocycles. The predicted octanol–water partition coefficient (Wildman–Crippen LogP) is 5.19. The van der Waals surface area contributed by atoms with E-state index in [1.807, 2.05) is 43.4 Å². The number of imide groups is 1. The predicted molar refractivity (Wildman–Crippen MR) is 292 cm³/mol. The van der Waals surface area contributed by atoms with Gasteiger partial charge in [-0.05, 0) is 66.9 Å². The maximum atomic E-state index is 14.4. The van der Waals surface area contributed by atoms with Crippen molar-refractivity contribution in [2.45, 2.75) is 25.7 Å². The summed E-state index contributed by atoms with van der Waals surface area (Å²) < 4.78 is 27.9. The Morgan fingerprint density at radius 1 is 0.740 bits per heavy atom. The lowest BCUT2D eigenvalue weighted by molar-refractivity contribution is -0.137. The Bertz CT molecular complexity index is 3010. The van der Waals surface area contributed by atoms with E-state index in [0.29, 0.717) is 111 Å². The number of halogens is 1. The van der Waals surface area contributed by atoms with Gasteiger partial charge in [-0.25, -0.2) is 10.2 Å². The third kappa shape index (κ3) is 14.8. The van der Waals surface area contributed by atoms with Gasteiger partial charge in [-0.3, -0.25) is 33.7 Å². The lowest BCUT2D eigenvalue weighted by atomic mass is 9.95. The van der Waals surface area contributed by atoms with Gasteiger partial charge >= 0.3 is 6.09 Å². The summed E-state index contributed by atoms with van der Waals surface area (Å²) >= 11 is 3.69. The normalized spacial score (nSPS) is 15.6. The van der Waals surface area contributed by atoms with Crippen molar-refractivity contribution in [1.82, 2.24) is 30.4 Å². The van der Waals surface area contributed by atoms with E-state index < -0.39 is 17.9 Å². The number of alkyl halides is 1. The summed E-state index contributed by atoms with van der Waals surface area (Å²) in [6, 6.07) is 23.6. The number of aromatic nitrogens is 1. The molecule has 4 heterocycles. The van der Waals surface area contributed by atoms with Crippen LogP contribution in [0.3, 0.4) is 0 Å². The number of carbonyl (C=O) groups excluding carboxylic acids is 7. The molecule has 406 valence electrons. The Morgan fingerprint density at radius 3 is 2.08 bits per heavy atom. The number of rotatable bonds is 25. The van der Waals surface area contributed by atoms with Gasteiger partial charge < -0.3 is 54.0 Å². The number of hydrogen-bond donors (Lipinski definition) is 4. The molecule has 5 aromatic rings. The highest BCUT2D eigenvalue weighted by Gasteiger charge is 2.36. The number of likely N-dealkylation sites (N-methyl/N-ethyl adjacent to an activating group) is 1. The number of hydrogen-bond acceptors (Lipinski definition) is 14. The smallest absolute Gasteiger partial charge is 0.409 e. The molecule has 0 saturated carbocycles. The first-order chi connectivity index (χ1) is 37.4. The minimum atomic E-state index is -0.418. The molecule has 3 aliphatic heterocycles. The molecule has 22 heteroatoms. The van der Waals surface area contributed by atoms with Crippen LogP contribution in [0.4, 0.5) is 16.2 Å². The third-order valence-corrected chi connectivity index (χ3v) is 13.9. The van der Waals surface area contributed by atoms with E-state index >= 15 is 0 Å². The van der Waals surface area contributed by atoms with Crippen LogP contribution in [0.1, 0.15) is 57.7 Å². The summed E-state index contributed by atoms with van der Waals surface area (Å²) in [4.78, 5) is 98.4. The Hall–Kier alpha value is -7.34. The summed E-state index contributed by atoms with van der Waals surface area (Å²) in [5.41, 5.74) is 7.54. The average molecular weight is 1120 g/mol. The molecule has 77 heavy (non-hydrogen) atoms. The average Bonchev–Trinajstić information content (AvgIpc) is 4.18. The first-order valence-electron chi connectivity index (χ1n) is 25.4. The molecule has 8 rings (SSSR count). The first-order valence-corrected chi connectivity index (χ1v) is 26.6. The molecule has 0 bridgehead atoms. The van der Waals surface area contributed by atoms with E-state index in [-0.39, 0.29) is 62.1 Å². The lowest BCUT2D eigenvalue weighted by Gasteiger charge is -2.31. The molecular weight excluding hydrogens is 1060 g/mol. The molecule has 7 amide bonds. The number of aromatic amines is 1. The molecule has 0 spiro atoms. The van der Waals surface area contributed by atoms with E-state index in [9.17, 15) is 33.6 Å². The van der Waals surface area contributed by atoms with Crippen LogP contribution in [0.15, 0.2) is 96.1 Å². The zero-order valence-corrected chi connectivity index (χ0v) is 44.6. The number of ether oxygens (including phenoxy) is 5. The molecule has 3 aliphatic rings. The molecule has 4 N–H and O–H groups in total. The van der Waals surface area contributed by atoms with Gasteiger partial charge in [0.05, 0.1) is 70.7 Å². The Morgan fingerprint density at radius 2 is 1.39 bits per heavy atom. The van der Waals surface area contributed by atoms with Crippen molar-refractivity contribution < 1.29 is 57.2 Å². The number of fused-ring (bicyclic) bond motifs is 4. The maximum Gasteiger partial charge on any atom is 0.415 e. The molecule has 4 aromatic carbocycles. The van der Waals surface area contributed by atoms with Gasteiger partial charge in [0.2, 0.25) is 11.8 Å². The minimum Gasteiger partial charge on any atom is -0.409 e. The number of nitrogens with zero attached hydrogens (tertiary/aromatic N) is 5. The van der Waals surface area contributed by atoms with Crippen molar-refractivity contribution in [3.8, 4) is 5.75 Å². The van der Waals surface area contributed by atoms with Gasteiger partial charge in [0.25, 0.3) is 23.6 Å². The fraction of sp³-hybridized carbons (Fsp3) is 0.382. The highest BCUT2D eigenvalue weighted by Crippen LogP contribution is 2.46. The van der Waals surface area contributed by atoms with Crippen LogP contribution in [0.2, 0.25) is 0 Å². The largest absolute Gasteiger partial charge is 0.415 e. The van der Waals surface area contributed by atoms with Crippen molar-refractivity contribution in [1.29, 1.82) is 0 Å². The zero-order chi connectivity index (χ0) is 54.3. The van der Waals surface area contributed by atoms with E-state index in [1.54, 1.807) is 59.2 Å². The van der Waals surface area contributed by atoms with Crippen LogP contribution in [-0.4, -0.2) is 178 Å². The molecule has 1 aromatic heterocycles. The van der Waals surface area contributed by atoms with E-state index in [0.717, 1.165) is 45.2 Å². The molecule has 1 saturated heterocycles. The highest BCUT2D eigenvalue weighted by atomic mass is 79.9. The van der Waals surface area contributed by atoms with Gasteiger partial charge in [-0.15, -0.1) is 0 Å². The SMILES string of the molecule is C/C(=N\NC(=O)CCOCCOCCOCCOCCNC(=O)CCN1C(=O)C=CC1=O)c1ccc(C(=O)Nc2ccc3[nH]c(C(=O)N4C[C@@H](CBr)c5c4cc(OC(=O)N4CCN(C)CC4)c4ccccc54)cc3c2)cc1. The van der Waals surface area contributed by atoms with Crippen molar-refractivity contribution in [3.05, 3.63) is 113 Å². The summed E-state index contributed by atoms with van der Waals surface area (Å²) in [7, 11) is 2.03. The zero-order valence-electron chi connectivity index (χ0n) is 43.0. The van der Waals surface area contributed by atoms with Gasteiger partial charge in [0, 0.05) is 109 Å². The molecule has 1 atom stereocenters. The molecule has 0 unspecified atom stereocenters. The second-order valence-corrected chi connectivity index (χ2v) is 19.1.